The van der Waals surface area contributed by atoms with Gasteiger partial charge < -0.3 is 16.8 Å². The summed E-state index contributed by atoms with van der Waals surface area (Å²) in [5.74, 6) is 1.39. The van der Waals surface area contributed by atoms with E-state index >= 15 is 0 Å². The molecule has 0 aromatic heterocycles. The highest BCUT2D eigenvalue weighted by atomic mass is 15.0. The van der Waals surface area contributed by atoms with Crippen molar-refractivity contribution in [1.82, 2.24) is 5.32 Å². The molecule has 0 heterocycles. The van der Waals surface area contributed by atoms with Crippen molar-refractivity contribution < 1.29 is 0 Å². The van der Waals surface area contributed by atoms with Crippen LogP contribution in [-0.2, 0) is 0 Å². The lowest BCUT2D eigenvalue weighted by atomic mass is 9.80. The molecule has 100 valence electrons. The Balaban J connectivity index is 1.78. The predicted molar refractivity (Wildman–Crippen MR) is 72.7 cm³/mol. The molecule has 0 aromatic rings. The minimum Gasteiger partial charge on any atom is -0.327 e. The fourth-order valence-corrected chi connectivity index (χ4v) is 3.35. The highest BCUT2D eigenvalue weighted by molar-refractivity contribution is 4.90. The maximum atomic E-state index is 6.16. The quantitative estimate of drug-likeness (QED) is 0.686. The van der Waals surface area contributed by atoms with Crippen molar-refractivity contribution in [3.05, 3.63) is 0 Å². The first-order valence-electron chi connectivity index (χ1n) is 7.33. The first-order chi connectivity index (χ1) is 8.06. The van der Waals surface area contributed by atoms with Gasteiger partial charge >= 0.3 is 0 Å². The van der Waals surface area contributed by atoms with E-state index < -0.39 is 0 Å². The summed E-state index contributed by atoms with van der Waals surface area (Å²) in [4.78, 5) is 0. The van der Waals surface area contributed by atoms with Gasteiger partial charge in [-0.05, 0) is 50.4 Å². The Hall–Kier alpha value is -0.120. The third kappa shape index (κ3) is 3.43. The highest BCUT2D eigenvalue weighted by Gasteiger charge is 2.29. The van der Waals surface area contributed by atoms with Crippen LogP contribution in [0.5, 0.6) is 0 Å². The van der Waals surface area contributed by atoms with Crippen LogP contribution in [0.3, 0.4) is 0 Å². The molecule has 0 aliphatic heterocycles. The second kappa shape index (κ2) is 5.68. The summed E-state index contributed by atoms with van der Waals surface area (Å²) >= 11 is 0. The van der Waals surface area contributed by atoms with Crippen molar-refractivity contribution in [2.75, 3.05) is 0 Å². The van der Waals surface area contributed by atoms with Crippen LogP contribution in [-0.4, -0.2) is 24.2 Å². The Kier molecular flexibility index (Phi) is 4.45. The number of rotatable bonds is 2. The standard InChI is InChI=1S/C14H29N3/c1-9-3-5-11(7-13(9)15)17-12-6-4-10(2)14(16)8-12/h9-14,17H,3-8,15-16H2,1-2H3. The van der Waals surface area contributed by atoms with Gasteiger partial charge in [-0.15, -0.1) is 0 Å². The minimum atomic E-state index is 0.387. The summed E-state index contributed by atoms with van der Waals surface area (Å²) in [6, 6.07) is 2.04. The van der Waals surface area contributed by atoms with Gasteiger partial charge in [0.05, 0.1) is 0 Å². The summed E-state index contributed by atoms with van der Waals surface area (Å²) < 4.78 is 0. The second-order valence-corrected chi connectivity index (χ2v) is 6.47. The van der Waals surface area contributed by atoms with Gasteiger partial charge in [-0.25, -0.2) is 0 Å². The molecule has 0 saturated heterocycles. The van der Waals surface area contributed by atoms with E-state index in [1.165, 1.54) is 25.7 Å². The topological polar surface area (TPSA) is 64.1 Å². The van der Waals surface area contributed by atoms with Crippen LogP contribution in [0.25, 0.3) is 0 Å². The molecule has 2 saturated carbocycles. The zero-order chi connectivity index (χ0) is 12.4. The third-order valence-corrected chi connectivity index (χ3v) is 4.99. The molecular weight excluding hydrogens is 210 g/mol. The summed E-state index contributed by atoms with van der Waals surface area (Å²) in [7, 11) is 0. The monoisotopic (exact) mass is 239 g/mol. The lowest BCUT2D eigenvalue weighted by Crippen LogP contribution is -2.50. The lowest BCUT2D eigenvalue weighted by Gasteiger charge is -2.38. The van der Waals surface area contributed by atoms with E-state index in [-0.39, 0.29) is 0 Å². The molecule has 2 aliphatic carbocycles. The first-order valence-corrected chi connectivity index (χ1v) is 7.33. The van der Waals surface area contributed by atoms with Gasteiger partial charge in [-0.1, -0.05) is 13.8 Å². The minimum absolute atomic E-state index is 0.387. The predicted octanol–water partition coefficient (Wildman–Crippen LogP) is 1.61. The highest BCUT2D eigenvalue weighted by Crippen LogP contribution is 2.27. The molecule has 0 aromatic carbocycles. The molecule has 3 heteroatoms. The molecule has 6 unspecified atom stereocenters. The van der Waals surface area contributed by atoms with Gasteiger partial charge in [-0.3, -0.25) is 0 Å². The fraction of sp³-hybridized carbons (Fsp3) is 1.00. The van der Waals surface area contributed by atoms with Crippen LogP contribution in [0.15, 0.2) is 0 Å². The van der Waals surface area contributed by atoms with Gasteiger partial charge in [0.1, 0.15) is 0 Å². The van der Waals surface area contributed by atoms with Crippen molar-refractivity contribution in [1.29, 1.82) is 0 Å². The van der Waals surface area contributed by atoms with Gasteiger partial charge in [-0.2, -0.15) is 0 Å². The zero-order valence-corrected chi connectivity index (χ0v) is 11.4. The lowest BCUT2D eigenvalue weighted by molar-refractivity contribution is 0.210. The van der Waals surface area contributed by atoms with Crippen LogP contribution < -0.4 is 16.8 Å². The van der Waals surface area contributed by atoms with E-state index in [0.717, 1.165) is 12.8 Å². The summed E-state index contributed by atoms with van der Waals surface area (Å²) in [5.41, 5.74) is 12.3. The Morgan fingerprint density at radius 1 is 0.765 bits per heavy atom. The Bertz CT molecular complexity index is 220. The molecule has 5 N–H and O–H groups in total. The SMILES string of the molecule is CC1CCC(NC2CCC(C)C(N)C2)CC1N. The van der Waals surface area contributed by atoms with Crippen LogP contribution in [0, 0.1) is 11.8 Å². The molecule has 0 radical (unpaired) electrons. The molecular formula is C14H29N3. The van der Waals surface area contributed by atoms with Gasteiger partial charge in [0.2, 0.25) is 0 Å². The van der Waals surface area contributed by atoms with Crippen molar-refractivity contribution in [2.24, 2.45) is 23.3 Å². The molecule has 0 spiro atoms. The van der Waals surface area contributed by atoms with E-state index in [2.05, 4.69) is 19.2 Å². The Morgan fingerprint density at radius 3 is 1.53 bits per heavy atom. The average Bonchev–Trinajstić information content (AvgIpc) is 2.29. The van der Waals surface area contributed by atoms with Gasteiger partial charge in [0.25, 0.3) is 0 Å². The molecule has 6 atom stereocenters. The summed E-state index contributed by atoms with van der Waals surface area (Å²) in [5, 5.41) is 3.80. The van der Waals surface area contributed by atoms with E-state index in [1.807, 2.05) is 0 Å². The molecule has 2 fully saturated rings. The molecule has 0 amide bonds. The smallest absolute Gasteiger partial charge is 0.00846 e. The third-order valence-electron chi connectivity index (χ3n) is 4.99. The van der Waals surface area contributed by atoms with Crippen molar-refractivity contribution in [3.63, 3.8) is 0 Å². The first kappa shape index (κ1) is 13.3. The van der Waals surface area contributed by atoms with E-state index in [0.29, 0.717) is 36.0 Å². The van der Waals surface area contributed by atoms with Crippen LogP contribution in [0.2, 0.25) is 0 Å². The largest absolute Gasteiger partial charge is 0.327 e. The Labute approximate surface area is 106 Å². The second-order valence-electron chi connectivity index (χ2n) is 6.47. The number of nitrogens with two attached hydrogens (primary N) is 2. The summed E-state index contributed by atoms with van der Waals surface area (Å²) in [6.07, 6.45) is 7.40. The summed E-state index contributed by atoms with van der Waals surface area (Å²) in [6.45, 7) is 4.55. The van der Waals surface area contributed by atoms with Crippen LogP contribution in [0.4, 0.5) is 0 Å². The zero-order valence-electron chi connectivity index (χ0n) is 11.4. The maximum absolute atomic E-state index is 6.16. The van der Waals surface area contributed by atoms with E-state index in [4.69, 9.17) is 11.5 Å². The van der Waals surface area contributed by atoms with Crippen molar-refractivity contribution in [3.8, 4) is 0 Å². The number of hydrogen-bond acceptors (Lipinski definition) is 3. The molecule has 3 nitrogen and oxygen atoms in total. The maximum Gasteiger partial charge on any atom is 0.00846 e. The van der Waals surface area contributed by atoms with Crippen molar-refractivity contribution >= 4 is 0 Å². The fourth-order valence-electron chi connectivity index (χ4n) is 3.35. The van der Waals surface area contributed by atoms with Crippen LogP contribution >= 0.6 is 0 Å². The van der Waals surface area contributed by atoms with Crippen LogP contribution in [0.1, 0.15) is 52.4 Å². The van der Waals surface area contributed by atoms with E-state index in [9.17, 15) is 0 Å². The number of nitrogens with one attached hydrogen (secondary N) is 1. The molecule has 2 aliphatic rings. The molecule has 0 bridgehead atoms. The molecule has 2 rings (SSSR count). The van der Waals surface area contributed by atoms with Gasteiger partial charge in [0, 0.05) is 24.2 Å². The molecule has 17 heavy (non-hydrogen) atoms. The van der Waals surface area contributed by atoms with Crippen molar-refractivity contribution in [2.45, 2.75) is 76.5 Å². The normalized spacial score (nSPS) is 48.0. The Morgan fingerprint density at radius 2 is 1.18 bits per heavy atom. The number of hydrogen-bond donors (Lipinski definition) is 3. The average molecular weight is 239 g/mol. The van der Waals surface area contributed by atoms with Gasteiger partial charge in [0.15, 0.2) is 0 Å². The van der Waals surface area contributed by atoms with E-state index in [1.54, 1.807) is 0 Å².